The highest BCUT2D eigenvalue weighted by Gasteiger charge is 2.28. The van der Waals surface area contributed by atoms with E-state index in [-0.39, 0.29) is 68.3 Å². The molecule has 38 heavy (non-hydrogen) atoms. The summed E-state index contributed by atoms with van der Waals surface area (Å²) in [6.45, 7) is 5.56. The molecule has 0 aliphatic carbocycles. The SMILES string of the molecule is C=CCCCCOC(=O)c1cc(C(=O)OCCO)c(C(=O)OCCCOOCC=C)cc1C(=O)OCCO. The lowest BCUT2D eigenvalue weighted by Crippen LogP contribution is -2.22. The van der Waals surface area contributed by atoms with Gasteiger partial charge in [0.2, 0.25) is 0 Å². The van der Waals surface area contributed by atoms with Crippen LogP contribution in [-0.2, 0) is 28.7 Å². The van der Waals surface area contributed by atoms with E-state index in [0.29, 0.717) is 6.42 Å². The van der Waals surface area contributed by atoms with E-state index in [1.54, 1.807) is 6.08 Å². The van der Waals surface area contributed by atoms with Gasteiger partial charge in [0.15, 0.2) is 0 Å². The number of allylic oxidation sites excluding steroid dienone is 1. The summed E-state index contributed by atoms with van der Waals surface area (Å²) in [5.74, 6) is -4.00. The molecule has 0 heterocycles. The highest BCUT2D eigenvalue weighted by molar-refractivity contribution is 6.10. The molecule has 1 rings (SSSR count). The van der Waals surface area contributed by atoms with Crippen molar-refractivity contribution in [3.63, 3.8) is 0 Å². The molecule has 0 fully saturated rings. The van der Waals surface area contributed by atoms with Crippen LogP contribution >= 0.6 is 0 Å². The van der Waals surface area contributed by atoms with Gasteiger partial charge in [0, 0.05) is 6.42 Å². The van der Waals surface area contributed by atoms with Crippen LogP contribution in [0.5, 0.6) is 0 Å². The molecule has 0 bridgehead atoms. The Labute approximate surface area is 220 Å². The first-order valence-corrected chi connectivity index (χ1v) is 12.0. The Bertz CT molecular complexity index is 940. The van der Waals surface area contributed by atoms with E-state index in [1.165, 1.54) is 6.08 Å². The molecule has 0 saturated heterocycles. The molecule has 0 aliphatic rings. The van der Waals surface area contributed by atoms with E-state index in [4.69, 9.17) is 38.9 Å². The number of rotatable bonds is 20. The summed E-state index contributed by atoms with van der Waals surface area (Å²) in [6, 6.07) is 1.94. The van der Waals surface area contributed by atoms with Crippen LogP contribution in [0.1, 0.15) is 67.1 Å². The number of unbranched alkanes of at least 4 members (excludes halogenated alkanes) is 2. The first-order valence-electron chi connectivity index (χ1n) is 12.0. The van der Waals surface area contributed by atoms with E-state index in [1.807, 2.05) is 0 Å². The Morgan fingerprint density at radius 2 is 1.05 bits per heavy atom. The molecule has 0 aliphatic heterocycles. The summed E-state index contributed by atoms with van der Waals surface area (Å²) in [4.78, 5) is 60.6. The van der Waals surface area contributed by atoms with Gasteiger partial charge in [0.1, 0.15) is 19.8 Å². The molecule has 0 radical (unpaired) electrons. The molecule has 0 atom stereocenters. The summed E-state index contributed by atoms with van der Waals surface area (Å²) in [5.41, 5.74) is -1.49. The maximum Gasteiger partial charge on any atom is 0.339 e. The van der Waals surface area contributed by atoms with Crippen LogP contribution in [0, 0.1) is 0 Å². The molecule has 0 aromatic heterocycles. The first kappa shape index (κ1) is 32.4. The molecule has 0 spiro atoms. The van der Waals surface area contributed by atoms with Gasteiger partial charge < -0.3 is 29.2 Å². The van der Waals surface area contributed by atoms with Gasteiger partial charge in [0.25, 0.3) is 0 Å². The predicted molar refractivity (Wildman–Crippen MR) is 133 cm³/mol. The fourth-order valence-electron chi connectivity index (χ4n) is 2.86. The van der Waals surface area contributed by atoms with Crippen LogP contribution < -0.4 is 0 Å². The minimum absolute atomic E-state index is 0.0322. The lowest BCUT2D eigenvalue weighted by atomic mass is 9.98. The number of esters is 4. The van der Waals surface area contributed by atoms with Crippen molar-refractivity contribution in [1.29, 1.82) is 0 Å². The number of hydrogen-bond acceptors (Lipinski definition) is 12. The zero-order valence-corrected chi connectivity index (χ0v) is 21.2. The Kier molecular flexibility index (Phi) is 16.7. The first-order chi connectivity index (χ1) is 18.4. The molecular formula is C26H34O12. The third-order valence-corrected chi connectivity index (χ3v) is 4.60. The lowest BCUT2D eigenvalue weighted by molar-refractivity contribution is -0.287. The monoisotopic (exact) mass is 538 g/mol. The van der Waals surface area contributed by atoms with Gasteiger partial charge >= 0.3 is 23.9 Å². The third-order valence-electron chi connectivity index (χ3n) is 4.60. The number of ether oxygens (including phenoxy) is 4. The van der Waals surface area contributed by atoms with Crippen LogP contribution in [0.2, 0.25) is 0 Å². The highest BCUT2D eigenvalue weighted by atomic mass is 17.2. The molecule has 12 nitrogen and oxygen atoms in total. The Hall–Kier alpha value is -3.58. The van der Waals surface area contributed by atoms with E-state index >= 15 is 0 Å². The molecule has 2 N–H and O–H groups in total. The molecule has 210 valence electrons. The maximum absolute atomic E-state index is 12.8. The minimum Gasteiger partial charge on any atom is -0.462 e. The van der Waals surface area contributed by atoms with Gasteiger partial charge in [0.05, 0.1) is 55.3 Å². The molecule has 0 saturated carbocycles. The molecule has 12 heteroatoms. The lowest BCUT2D eigenvalue weighted by Gasteiger charge is -2.15. The topological polar surface area (TPSA) is 164 Å². The van der Waals surface area contributed by atoms with Gasteiger partial charge in [-0.1, -0.05) is 12.2 Å². The average molecular weight is 539 g/mol. The largest absolute Gasteiger partial charge is 0.462 e. The quantitative estimate of drug-likeness (QED) is 0.0622. The van der Waals surface area contributed by atoms with Crippen LogP contribution in [0.4, 0.5) is 0 Å². The Morgan fingerprint density at radius 1 is 0.605 bits per heavy atom. The van der Waals surface area contributed by atoms with Gasteiger partial charge in [-0.05, 0) is 31.4 Å². The fraction of sp³-hybridized carbons (Fsp3) is 0.462. The third kappa shape index (κ3) is 11.6. The van der Waals surface area contributed by atoms with E-state index in [0.717, 1.165) is 25.0 Å². The standard InChI is InChI=1S/C26H34O12/c1-3-5-6-7-12-33-23(29)19-17-22(26(32)36-16-10-28)20(18-21(19)25(31)35-15-9-27)24(30)34-13-8-14-38-37-11-4-2/h3-4,17-18,27-28H,1-2,5-16H2. The van der Waals surface area contributed by atoms with Gasteiger partial charge in [-0.3, -0.25) is 0 Å². The predicted octanol–water partition coefficient (Wildman–Crippen LogP) is 2.18. The second-order valence-corrected chi connectivity index (χ2v) is 7.47. The van der Waals surface area contributed by atoms with Crippen LogP contribution in [0.15, 0.2) is 37.4 Å². The normalized spacial score (nSPS) is 10.4. The van der Waals surface area contributed by atoms with Crippen LogP contribution in [0.25, 0.3) is 0 Å². The molecule has 0 amide bonds. The molecular weight excluding hydrogens is 504 g/mol. The summed E-state index contributed by atoms with van der Waals surface area (Å²) in [6.07, 6.45) is 5.43. The smallest absolute Gasteiger partial charge is 0.339 e. The second-order valence-electron chi connectivity index (χ2n) is 7.47. The molecule has 1 aromatic carbocycles. The number of aliphatic hydroxyl groups excluding tert-OH is 2. The van der Waals surface area contributed by atoms with Crippen molar-refractivity contribution >= 4 is 23.9 Å². The Balaban J connectivity index is 3.26. The van der Waals surface area contributed by atoms with Crippen molar-refractivity contribution in [3.05, 3.63) is 59.7 Å². The van der Waals surface area contributed by atoms with E-state index in [9.17, 15) is 19.2 Å². The fourth-order valence-corrected chi connectivity index (χ4v) is 2.86. The van der Waals surface area contributed by atoms with Crippen molar-refractivity contribution in [2.24, 2.45) is 0 Å². The number of benzene rings is 1. The van der Waals surface area contributed by atoms with Crippen LogP contribution in [-0.4, -0.2) is 86.9 Å². The van der Waals surface area contributed by atoms with Crippen molar-refractivity contribution < 1.29 is 58.1 Å². The van der Waals surface area contributed by atoms with Gasteiger partial charge in [-0.15, -0.1) is 13.2 Å². The number of aliphatic hydroxyl groups is 2. The maximum atomic E-state index is 12.8. The molecule has 0 unspecified atom stereocenters. The number of hydrogen-bond donors (Lipinski definition) is 2. The minimum atomic E-state index is -1.04. The summed E-state index contributed by atoms with van der Waals surface area (Å²) in [5, 5.41) is 18.0. The summed E-state index contributed by atoms with van der Waals surface area (Å²) < 4.78 is 20.3. The van der Waals surface area contributed by atoms with E-state index in [2.05, 4.69) is 13.2 Å². The zero-order valence-electron chi connectivity index (χ0n) is 21.2. The highest BCUT2D eigenvalue weighted by Crippen LogP contribution is 2.22. The Morgan fingerprint density at radius 3 is 1.47 bits per heavy atom. The molecule has 1 aromatic rings. The van der Waals surface area contributed by atoms with Gasteiger partial charge in [-0.2, -0.15) is 0 Å². The second kappa shape index (κ2) is 19.5. The summed E-state index contributed by atoms with van der Waals surface area (Å²) in [7, 11) is 0. The van der Waals surface area contributed by atoms with Crippen molar-refractivity contribution in [2.75, 3.05) is 52.9 Å². The van der Waals surface area contributed by atoms with Crippen molar-refractivity contribution in [2.45, 2.75) is 25.7 Å². The van der Waals surface area contributed by atoms with Crippen LogP contribution in [0.3, 0.4) is 0 Å². The number of carbonyl (C=O) groups is 4. The summed E-state index contributed by atoms with van der Waals surface area (Å²) >= 11 is 0. The van der Waals surface area contributed by atoms with E-state index < -0.39 is 37.1 Å². The van der Waals surface area contributed by atoms with Crippen molar-refractivity contribution in [3.8, 4) is 0 Å². The van der Waals surface area contributed by atoms with Crippen molar-refractivity contribution in [1.82, 2.24) is 0 Å². The average Bonchev–Trinajstić information content (AvgIpc) is 2.92. The number of carbonyl (C=O) groups excluding carboxylic acids is 4. The zero-order chi connectivity index (χ0) is 28.2. The van der Waals surface area contributed by atoms with Gasteiger partial charge in [-0.25, -0.2) is 29.0 Å².